The van der Waals surface area contributed by atoms with Gasteiger partial charge in [0.25, 0.3) is 5.91 Å². The SMILES string of the molecule is C[C@H](CO)Nc1cc(-c2c[nH]c(C(=O)N[C@H](CO)c3cccc(Cl)c3)c2)c(Cl)cn1. The molecule has 3 rings (SSSR count). The number of halogens is 2. The van der Waals surface area contributed by atoms with Crippen LogP contribution in [0.3, 0.4) is 0 Å². The van der Waals surface area contributed by atoms with Gasteiger partial charge in [0.15, 0.2) is 0 Å². The van der Waals surface area contributed by atoms with Crippen LogP contribution in [-0.4, -0.2) is 45.3 Å². The minimum atomic E-state index is -0.594. The number of aliphatic hydroxyl groups is 2. The summed E-state index contributed by atoms with van der Waals surface area (Å²) in [6.07, 6.45) is 3.18. The Labute approximate surface area is 184 Å². The minimum absolute atomic E-state index is 0.0350. The van der Waals surface area contributed by atoms with Crippen LogP contribution in [0.4, 0.5) is 5.82 Å². The van der Waals surface area contributed by atoms with E-state index in [2.05, 4.69) is 20.6 Å². The fourth-order valence-corrected chi connectivity index (χ4v) is 3.32. The zero-order valence-electron chi connectivity index (χ0n) is 16.2. The molecule has 0 aliphatic carbocycles. The summed E-state index contributed by atoms with van der Waals surface area (Å²) in [4.78, 5) is 19.8. The molecule has 0 radical (unpaired) electrons. The number of amides is 1. The van der Waals surface area contributed by atoms with Crippen LogP contribution in [0, 0.1) is 0 Å². The highest BCUT2D eigenvalue weighted by molar-refractivity contribution is 6.33. The first-order valence-electron chi connectivity index (χ1n) is 9.30. The number of H-pyrrole nitrogens is 1. The van der Waals surface area contributed by atoms with Gasteiger partial charge in [0.05, 0.1) is 24.3 Å². The van der Waals surface area contributed by atoms with Crippen molar-refractivity contribution in [3.05, 3.63) is 70.1 Å². The molecule has 0 saturated carbocycles. The maximum atomic E-state index is 12.7. The van der Waals surface area contributed by atoms with Crippen molar-refractivity contribution in [1.82, 2.24) is 15.3 Å². The van der Waals surface area contributed by atoms with Crippen molar-refractivity contribution in [1.29, 1.82) is 0 Å². The van der Waals surface area contributed by atoms with Crippen LogP contribution < -0.4 is 10.6 Å². The summed E-state index contributed by atoms with van der Waals surface area (Å²) in [6.45, 7) is 1.52. The molecule has 2 heterocycles. The van der Waals surface area contributed by atoms with Gasteiger partial charge >= 0.3 is 0 Å². The van der Waals surface area contributed by atoms with E-state index >= 15 is 0 Å². The Bertz CT molecular complexity index is 1020. The lowest BCUT2D eigenvalue weighted by Gasteiger charge is -2.16. The summed E-state index contributed by atoms with van der Waals surface area (Å²) in [6, 6.07) is 9.62. The van der Waals surface area contributed by atoms with Gasteiger partial charge in [-0.05, 0) is 36.8 Å². The van der Waals surface area contributed by atoms with Gasteiger partial charge in [-0.2, -0.15) is 0 Å². The zero-order valence-corrected chi connectivity index (χ0v) is 17.7. The topological polar surface area (TPSA) is 110 Å². The van der Waals surface area contributed by atoms with Crippen molar-refractivity contribution >= 4 is 34.9 Å². The fraction of sp³-hybridized carbons (Fsp3) is 0.238. The lowest BCUT2D eigenvalue weighted by atomic mass is 10.1. The van der Waals surface area contributed by atoms with Crippen molar-refractivity contribution in [2.45, 2.75) is 19.0 Å². The molecule has 0 saturated heterocycles. The predicted molar refractivity (Wildman–Crippen MR) is 118 cm³/mol. The largest absolute Gasteiger partial charge is 0.394 e. The Balaban J connectivity index is 1.78. The van der Waals surface area contributed by atoms with Crippen LogP contribution in [0.5, 0.6) is 0 Å². The molecule has 9 heteroatoms. The molecule has 30 heavy (non-hydrogen) atoms. The first kappa shape index (κ1) is 22.1. The molecule has 3 aromatic rings. The molecule has 0 aliphatic rings. The number of aromatic nitrogens is 2. The summed E-state index contributed by atoms with van der Waals surface area (Å²) in [7, 11) is 0. The number of aliphatic hydroxyl groups excluding tert-OH is 2. The van der Waals surface area contributed by atoms with Crippen LogP contribution >= 0.6 is 23.2 Å². The van der Waals surface area contributed by atoms with E-state index in [0.717, 1.165) is 0 Å². The summed E-state index contributed by atoms with van der Waals surface area (Å²) in [5.74, 6) is 0.183. The number of pyridine rings is 1. The van der Waals surface area contributed by atoms with Crippen molar-refractivity contribution in [2.24, 2.45) is 0 Å². The van der Waals surface area contributed by atoms with E-state index in [-0.39, 0.29) is 25.2 Å². The van der Waals surface area contributed by atoms with Crippen LogP contribution in [0.15, 0.2) is 48.8 Å². The molecule has 0 fully saturated rings. The van der Waals surface area contributed by atoms with Gasteiger partial charge in [-0.25, -0.2) is 4.98 Å². The van der Waals surface area contributed by atoms with Crippen molar-refractivity contribution in [3.8, 4) is 11.1 Å². The number of benzene rings is 1. The Morgan fingerprint density at radius 2 is 2.00 bits per heavy atom. The maximum Gasteiger partial charge on any atom is 0.268 e. The number of carbonyl (C=O) groups excluding carboxylic acids is 1. The second-order valence-corrected chi connectivity index (χ2v) is 7.69. The molecule has 0 bridgehead atoms. The smallest absolute Gasteiger partial charge is 0.268 e. The second kappa shape index (κ2) is 9.95. The van der Waals surface area contributed by atoms with Gasteiger partial charge in [0.1, 0.15) is 11.5 Å². The van der Waals surface area contributed by atoms with Gasteiger partial charge < -0.3 is 25.8 Å². The number of nitrogens with zero attached hydrogens (tertiary/aromatic N) is 1. The Kier molecular flexibility index (Phi) is 7.33. The molecule has 2 aromatic heterocycles. The summed E-state index contributed by atoms with van der Waals surface area (Å²) >= 11 is 12.3. The van der Waals surface area contributed by atoms with Crippen LogP contribution in [0.25, 0.3) is 11.1 Å². The molecule has 1 aromatic carbocycles. The number of aromatic amines is 1. The average Bonchev–Trinajstić information content (AvgIpc) is 3.23. The van der Waals surface area contributed by atoms with Crippen LogP contribution in [0.2, 0.25) is 10.0 Å². The van der Waals surface area contributed by atoms with Gasteiger partial charge in [0, 0.05) is 34.6 Å². The average molecular weight is 449 g/mol. The van der Waals surface area contributed by atoms with E-state index in [1.54, 1.807) is 42.6 Å². The summed E-state index contributed by atoms with van der Waals surface area (Å²) in [5, 5.41) is 25.7. The Morgan fingerprint density at radius 3 is 2.70 bits per heavy atom. The summed E-state index contributed by atoms with van der Waals surface area (Å²) in [5.41, 5.74) is 2.41. The lowest BCUT2D eigenvalue weighted by molar-refractivity contribution is 0.0911. The van der Waals surface area contributed by atoms with Crippen molar-refractivity contribution in [3.63, 3.8) is 0 Å². The van der Waals surface area contributed by atoms with E-state index in [4.69, 9.17) is 23.2 Å². The lowest BCUT2D eigenvalue weighted by Crippen LogP contribution is -2.31. The Morgan fingerprint density at radius 1 is 1.20 bits per heavy atom. The number of hydrogen-bond acceptors (Lipinski definition) is 5. The molecule has 2 atom stereocenters. The van der Waals surface area contributed by atoms with E-state index in [0.29, 0.717) is 38.2 Å². The van der Waals surface area contributed by atoms with E-state index in [1.807, 2.05) is 6.92 Å². The molecule has 0 spiro atoms. The van der Waals surface area contributed by atoms with Gasteiger partial charge in [-0.15, -0.1) is 0 Å². The van der Waals surface area contributed by atoms with Crippen LogP contribution in [-0.2, 0) is 0 Å². The molecule has 7 nitrogen and oxygen atoms in total. The van der Waals surface area contributed by atoms with Gasteiger partial charge in [-0.3, -0.25) is 4.79 Å². The van der Waals surface area contributed by atoms with Gasteiger partial charge in [0.2, 0.25) is 0 Å². The summed E-state index contributed by atoms with van der Waals surface area (Å²) < 4.78 is 0. The first-order valence-corrected chi connectivity index (χ1v) is 10.1. The second-order valence-electron chi connectivity index (χ2n) is 6.84. The fourth-order valence-electron chi connectivity index (χ4n) is 2.91. The highest BCUT2D eigenvalue weighted by atomic mass is 35.5. The molecule has 5 N–H and O–H groups in total. The molecule has 1 amide bonds. The number of nitrogens with one attached hydrogen (secondary N) is 3. The third kappa shape index (κ3) is 5.31. The third-order valence-corrected chi connectivity index (χ3v) is 5.04. The quantitative estimate of drug-likeness (QED) is 0.361. The maximum absolute atomic E-state index is 12.7. The predicted octanol–water partition coefficient (Wildman–Crippen LogP) is 3.64. The molecule has 0 aliphatic heterocycles. The van der Waals surface area contributed by atoms with E-state index in [9.17, 15) is 15.0 Å². The van der Waals surface area contributed by atoms with E-state index in [1.165, 1.54) is 6.20 Å². The monoisotopic (exact) mass is 448 g/mol. The Hall–Kier alpha value is -2.58. The van der Waals surface area contributed by atoms with Crippen LogP contribution in [0.1, 0.15) is 29.0 Å². The number of hydrogen-bond donors (Lipinski definition) is 5. The zero-order chi connectivity index (χ0) is 21.7. The molecule has 0 unspecified atom stereocenters. The third-order valence-electron chi connectivity index (χ3n) is 4.50. The van der Waals surface area contributed by atoms with Crippen molar-refractivity contribution in [2.75, 3.05) is 18.5 Å². The van der Waals surface area contributed by atoms with E-state index < -0.39 is 6.04 Å². The normalized spacial score (nSPS) is 13.0. The van der Waals surface area contributed by atoms with Gasteiger partial charge in [-0.1, -0.05) is 35.3 Å². The molecular weight excluding hydrogens is 427 g/mol. The number of carbonyl (C=O) groups is 1. The first-order chi connectivity index (χ1) is 14.4. The highest BCUT2D eigenvalue weighted by Gasteiger charge is 2.18. The van der Waals surface area contributed by atoms with Crippen molar-refractivity contribution < 1.29 is 15.0 Å². The number of anilines is 1. The molecule has 158 valence electrons. The minimum Gasteiger partial charge on any atom is -0.394 e. The standard InChI is InChI=1S/C21H22Cl2N4O3/c1-12(10-28)26-20-7-16(17(23)9-25-20)14-6-18(24-8-14)21(30)27-19(11-29)13-3-2-4-15(22)5-13/h2-9,12,19,24,28-29H,10-11H2,1H3,(H,25,26)(H,27,30)/t12-,19-/m1/s1. The molecular formula is C21H22Cl2N4O3. The highest BCUT2D eigenvalue weighted by Crippen LogP contribution is 2.30. The number of rotatable bonds is 8.